The van der Waals surface area contributed by atoms with Crippen LogP contribution in [0.1, 0.15) is 45.2 Å². The standard InChI is InChI=1S/C31H38ClN3O5S/c1-6-23(4)33-31(37)24(5)34(20-25-10-12-26(32)13-11-25)30(36)21-35(27-14-8-22(3)9-15-27)41(38,39)29-18-16-28(17-19-29)40-7-2/h8-19,23-24H,6-7,20-21H2,1-5H3,(H,33,37)/t23-,24-/m1/s1. The molecule has 2 amide bonds. The van der Waals surface area contributed by atoms with Gasteiger partial charge in [-0.25, -0.2) is 8.42 Å². The lowest BCUT2D eigenvalue weighted by Crippen LogP contribution is -2.52. The first-order chi connectivity index (χ1) is 19.5. The molecule has 220 valence electrons. The normalized spacial score (nSPS) is 12.7. The molecule has 0 unspecified atom stereocenters. The summed E-state index contributed by atoms with van der Waals surface area (Å²) in [6, 6.07) is 19.0. The Labute approximate surface area is 248 Å². The molecule has 2 atom stereocenters. The van der Waals surface area contributed by atoms with Crippen LogP contribution in [0, 0.1) is 6.92 Å². The number of rotatable bonds is 13. The molecule has 0 aliphatic carbocycles. The molecule has 0 saturated heterocycles. The number of sulfonamides is 1. The second kappa shape index (κ2) is 14.4. The predicted octanol–water partition coefficient (Wildman–Crippen LogP) is 5.57. The van der Waals surface area contributed by atoms with Crippen molar-refractivity contribution in [3.63, 3.8) is 0 Å². The van der Waals surface area contributed by atoms with Gasteiger partial charge in [0, 0.05) is 17.6 Å². The molecule has 0 aliphatic heterocycles. The van der Waals surface area contributed by atoms with Crippen LogP contribution in [0.5, 0.6) is 5.75 Å². The summed E-state index contributed by atoms with van der Waals surface area (Å²) in [7, 11) is -4.16. The first kappa shape index (κ1) is 32.0. The van der Waals surface area contributed by atoms with Gasteiger partial charge >= 0.3 is 0 Å². The average molecular weight is 600 g/mol. The lowest BCUT2D eigenvalue weighted by molar-refractivity contribution is -0.139. The summed E-state index contributed by atoms with van der Waals surface area (Å²) < 4.78 is 34.4. The maximum Gasteiger partial charge on any atom is 0.264 e. The molecule has 0 bridgehead atoms. The fourth-order valence-electron chi connectivity index (χ4n) is 4.08. The average Bonchev–Trinajstić information content (AvgIpc) is 2.96. The Morgan fingerprint density at radius 1 is 0.927 bits per heavy atom. The highest BCUT2D eigenvalue weighted by Crippen LogP contribution is 2.26. The highest BCUT2D eigenvalue weighted by molar-refractivity contribution is 7.92. The van der Waals surface area contributed by atoms with Gasteiger partial charge in [0.05, 0.1) is 17.2 Å². The monoisotopic (exact) mass is 599 g/mol. The topological polar surface area (TPSA) is 96.0 Å². The third kappa shape index (κ3) is 8.47. The lowest BCUT2D eigenvalue weighted by Gasteiger charge is -2.32. The number of hydrogen-bond donors (Lipinski definition) is 1. The molecular formula is C31H38ClN3O5S. The number of aryl methyl sites for hydroxylation is 1. The molecule has 41 heavy (non-hydrogen) atoms. The number of amides is 2. The van der Waals surface area contributed by atoms with Crippen molar-refractivity contribution in [3.05, 3.63) is 88.9 Å². The number of ether oxygens (including phenoxy) is 1. The number of benzene rings is 3. The van der Waals surface area contributed by atoms with Crippen molar-refractivity contribution in [3.8, 4) is 5.75 Å². The van der Waals surface area contributed by atoms with Gasteiger partial charge in [0.25, 0.3) is 10.0 Å². The Hall–Kier alpha value is -3.56. The Bertz CT molecular complexity index is 1410. The van der Waals surface area contributed by atoms with Crippen LogP contribution in [0.15, 0.2) is 77.7 Å². The second-order valence-corrected chi connectivity index (χ2v) is 12.2. The van der Waals surface area contributed by atoms with Gasteiger partial charge in [-0.1, -0.05) is 48.4 Å². The van der Waals surface area contributed by atoms with Gasteiger partial charge in [-0.2, -0.15) is 0 Å². The van der Waals surface area contributed by atoms with Gasteiger partial charge in [-0.05, 0) is 88.2 Å². The summed E-state index contributed by atoms with van der Waals surface area (Å²) in [5.74, 6) is -0.306. The van der Waals surface area contributed by atoms with Crippen molar-refractivity contribution in [1.82, 2.24) is 10.2 Å². The quantitative estimate of drug-likeness (QED) is 0.277. The van der Waals surface area contributed by atoms with Crippen LogP contribution < -0.4 is 14.4 Å². The van der Waals surface area contributed by atoms with Crippen LogP contribution in [0.25, 0.3) is 0 Å². The van der Waals surface area contributed by atoms with E-state index in [9.17, 15) is 18.0 Å². The number of carbonyl (C=O) groups is 2. The highest BCUT2D eigenvalue weighted by Gasteiger charge is 2.32. The summed E-state index contributed by atoms with van der Waals surface area (Å²) in [5, 5.41) is 3.47. The first-order valence-corrected chi connectivity index (χ1v) is 15.4. The molecule has 0 aliphatic rings. The zero-order valence-electron chi connectivity index (χ0n) is 24.1. The molecule has 10 heteroatoms. The summed E-state index contributed by atoms with van der Waals surface area (Å²) in [4.78, 5) is 28.5. The Kier molecular flexibility index (Phi) is 11.2. The third-order valence-electron chi connectivity index (χ3n) is 6.76. The van der Waals surface area contributed by atoms with E-state index in [0.29, 0.717) is 23.1 Å². The summed E-state index contributed by atoms with van der Waals surface area (Å²) in [5.41, 5.74) is 2.03. The second-order valence-electron chi connectivity index (χ2n) is 9.89. The zero-order chi connectivity index (χ0) is 30.2. The molecule has 0 spiro atoms. The Morgan fingerprint density at radius 2 is 1.54 bits per heavy atom. The Morgan fingerprint density at radius 3 is 2.10 bits per heavy atom. The number of nitrogens with zero attached hydrogens (tertiary/aromatic N) is 2. The van der Waals surface area contributed by atoms with Gasteiger partial charge in [0.15, 0.2) is 0 Å². The van der Waals surface area contributed by atoms with Crippen LogP contribution in [0.2, 0.25) is 5.02 Å². The van der Waals surface area contributed by atoms with Crippen molar-refractivity contribution in [2.75, 3.05) is 17.5 Å². The van der Waals surface area contributed by atoms with Crippen molar-refractivity contribution in [1.29, 1.82) is 0 Å². The van der Waals surface area contributed by atoms with Crippen molar-refractivity contribution in [2.24, 2.45) is 0 Å². The third-order valence-corrected chi connectivity index (χ3v) is 8.80. The fourth-order valence-corrected chi connectivity index (χ4v) is 5.62. The maximum absolute atomic E-state index is 14.0. The number of anilines is 1. The molecule has 8 nitrogen and oxygen atoms in total. The van der Waals surface area contributed by atoms with Crippen LogP contribution in [0.4, 0.5) is 5.69 Å². The minimum atomic E-state index is -4.16. The van der Waals surface area contributed by atoms with E-state index in [1.165, 1.54) is 17.0 Å². The van der Waals surface area contributed by atoms with Gasteiger partial charge in [-0.15, -0.1) is 0 Å². The molecule has 0 aromatic heterocycles. The number of hydrogen-bond acceptors (Lipinski definition) is 5. The van der Waals surface area contributed by atoms with Gasteiger partial charge in [-0.3, -0.25) is 13.9 Å². The van der Waals surface area contributed by atoms with Crippen LogP contribution in [-0.2, 0) is 26.2 Å². The molecule has 0 saturated carbocycles. The minimum Gasteiger partial charge on any atom is -0.494 e. The number of carbonyl (C=O) groups excluding carboxylic acids is 2. The number of nitrogens with one attached hydrogen (secondary N) is 1. The van der Waals surface area contributed by atoms with E-state index in [1.807, 2.05) is 27.7 Å². The summed E-state index contributed by atoms with van der Waals surface area (Å²) in [6.45, 7) is 9.26. The van der Waals surface area contributed by atoms with Crippen LogP contribution in [-0.4, -0.2) is 50.4 Å². The first-order valence-electron chi connectivity index (χ1n) is 13.6. The van der Waals surface area contributed by atoms with Crippen molar-refractivity contribution < 1.29 is 22.7 Å². The van der Waals surface area contributed by atoms with E-state index in [2.05, 4.69) is 5.32 Å². The zero-order valence-corrected chi connectivity index (χ0v) is 25.7. The molecule has 0 fully saturated rings. The summed E-state index contributed by atoms with van der Waals surface area (Å²) >= 11 is 6.05. The molecular weight excluding hydrogens is 562 g/mol. The largest absolute Gasteiger partial charge is 0.494 e. The molecule has 3 rings (SSSR count). The van der Waals surface area contributed by atoms with Crippen molar-refractivity contribution in [2.45, 2.75) is 64.6 Å². The van der Waals surface area contributed by atoms with E-state index < -0.39 is 28.5 Å². The van der Waals surface area contributed by atoms with E-state index >= 15 is 0 Å². The number of halogens is 1. The predicted molar refractivity (Wildman–Crippen MR) is 163 cm³/mol. The molecule has 0 radical (unpaired) electrons. The molecule has 0 heterocycles. The van der Waals surface area contributed by atoms with Gasteiger partial charge in [0.2, 0.25) is 11.8 Å². The van der Waals surface area contributed by atoms with Crippen molar-refractivity contribution >= 4 is 39.1 Å². The van der Waals surface area contributed by atoms with E-state index in [-0.39, 0.29) is 23.4 Å². The van der Waals surface area contributed by atoms with E-state index in [0.717, 1.165) is 21.9 Å². The maximum atomic E-state index is 14.0. The molecule has 3 aromatic carbocycles. The fraction of sp³-hybridized carbons (Fsp3) is 0.355. The van der Waals surface area contributed by atoms with Crippen LogP contribution >= 0.6 is 11.6 Å². The summed E-state index contributed by atoms with van der Waals surface area (Å²) in [6.07, 6.45) is 0.727. The van der Waals surface area contributed by atoms with Gasteiger partial charge in [0.1, 0.15) is 18.3 Å². The molecule has 3 aromatic rings. The van der Waals surface area contributed by atoms with E-state index in [1.54, 1.807) is 67.6 Å². The smallest absolute Gasteiger partial charge is 0.264 e. The highest BCUT2D eigenvalue weighted by atomic mass is 35.5. The van der Waals surface area contributed by atoms with Gasteiger partial charge < -0.3 is 15.0 Å². The van der Waals surface area contributed by atoms with E-state index in [4.69, 9.17) is 16.3 Å². The van der Waals surface area contributed by atoms with Crippen LogP contribution in [0.3, 0.4) is 0 Å². The lowest BCUT2D eigenvalue weighted by atomic mass is 10.1. The minimum absolute atomic E-state index is 0.0149. The molecule has 1 N–H and O–H groups in total. The SMILES string of the molecule is CCOc1ccc(S(=O)(=O)N(CC(=O)N(Cc2ccc(Cl)cc2)[C@H](C)C(=O)N[C@H](C)CC)c2ccc(C)cc2)cc1. The Balaban J connectivity index is 2.01.